The zero-order valence-electron chi connectivity index (χ0n) is 16.0. The van der Waals surface area contributed by atoms with E-state index in [1.54, 1.807) is 30.3 Å². The van der Waals surface area contributed by atoms with Gasteiger partial charge >= 0.3 is 5.97 Å². The van der Waals surface area contributed by atoms with E-state index < -0.39 is 18.4 Å². The van der Waals surface area contributed by atoms with Gasteiger partial charge in [0.1, 0.15) is 5.82 Å². The first-order chi connectivity index (χ1) is 13.9. The number of halogens is 2. The van der Waals surface area contributed by atoms with E-state index in [1.165, 1.54) is 18.2 Å². The molecule has 0 N–H and O–H groups in total. The van der Waals surface area contributed by atoms with Gasteiger partial charge in [-0.2, -0.15) is 0 Å². The molecule has 2 aromatic carbocycles. The summed E-state index contributed by atoms with van der Waals surface area (Å²) in [5.74, 6) is -1.47. The Morgan fingerprint density at radius 2 is 1.79 bits per heavy atom. The summed E-state index contributed by atoms with van der Waals surface area (Å²) in [4.78, 5) is 24.4. The van der Waals surface area contributed by atoms with E-state index >= 15 is 0 Å². The van der Waals surface area contributed by atoms with Crippen LogP contribution in [-0.2, 0) is 9.53 Å². The van der Waals surface area contributed by atoms with Gasteiger partial charge in [0.2, 0.25) is 5.78 Å². The number of hydrogen-bond donors (Lipinski definition) is 0. The highest BCUT2D eigenvalue weighted by Crippen LogP contribution is 2.22. The SMILES string of the molecule is Cc1cc(C(=O)COC(=O)/C=C/c2ccccc2F)c(C)n1-c1ccc(Cl)cc1. The van der Waals surface area contributed by atoms with Crippen molar-refractivity contribution in [3.8, 4) is 5.69 Å². The van der Waals surface area contributed by atoms with Gasteiger partial charge in [-0.25, -0.2) is 9.18 Å². The number of carbonyl (C=O) groups is 2. The zero-order chi connectivity index (χ0) is 21.0. The number of Topliss-reactive ketones (excluding diaryl/α,β-unsaturated/α-hetero) is 1. The lowest BCUT2D eigenvalue weighted by Gasteiger charge is -2.10. The molecule has 0 fully saturated rings. The number of carbonyl (C=O) groups excluding carboxylic acids is 2. The lowest BCUT2D eigenvalue weighted by molar-refractivity contribution is -0.136. The summed E-state index contributed by atoms with van der Waals surface area (Å²) in [6.07, 6.45) is 2.41. The Morgan fingerprint density at radius 3 is 2.48 bits per heavy atom. The summed E-state index contributed by atoms with van der Waals surface area (Å²) in [6, 6.07) is 15.1. The minimum absolute atomic E-state index is 0.266. The van der Waals surface area contributed by atoms with E-state index in [-0.39, 0.29) is 11.3 Å². The third kappa shape index (κ3) is 4.81. The van der Waals surface area contributed by atoms with E-state index in [0.29, 0.717) is 10.6 Å². The van der Waals surface area contributed by atoms with Crippen molar-refractivity contribution in [3.63, 3.8) is 0 Å². The fourth-order valence-electron chi connectivity index (χ4n) is 3.06. The number of benzene rings is 2. The highest BCUT2D eigenvalue weighted by atomic mass is 35.5. The molecular formula is C23H19ClFNO3. The van der Waals surface area contributed by atoms with Crippen molar-refractivity contribution >= 4 is 29.4 Å². The molecule has 29 heavy (non-hydrogen) atoms. The van der Waals surface area contributed by atoms with Gasteiger partial charge in [0.05, 0.1) is 0 Å². The predicted molar refractivity (Wildman–Crippen MR) is 111 cm³/mol. The molecule has 0 spiro atoms. The lowest BCUT2D eigenvalue weighted by Crippen LogP contribution is -2.13. The standard InChI is InChI=1S/C23H19ClFNO3/c1-15-13-20(16(2)26(15)19-10-8-18(24)9-11-19)22(27)14-29-23(28)12-7-17-5-3-4-6-21(17)25/h3-13H,14H2,1-2H3/b12-7+. The summed E-state index contributed by atoms with van der Waals surface area (Å²) in [6.45, 7) is 3.32. The maximum absolute atomic E-state index is 13.6. The van der Waals surface area contributed by atoms with Crippen LogP contribution in [0.3, 0.4) is 0 Å². The van der Waals surface area contributed by atoms with Crippen molar-refractivity contribution in [2.45, 2.75) is 13.8 Å². The number of esters is 1. The Kier molecular flexibility index (Phi) is 6.29. The number of aromatic nitrogens is 1. The van der Waals surface area contributed by atoms with Crippen LogP contribution in [0.25, 0.3) is 11.8 Å². The summed E-state index contributed by atoms with van der Waals surface area (Å²) in [5, 5.41) is 0.628. The first-order valence-corrected chi connectivity index (χ1v) is 9.32. The van der Waals surface area contributed by atoms with Gasteiger partial charge in [0.15, 0.2) is 6.61 Å². The topological polar surface area (TPSA) is 48.3 Å². The molecule has 0 amide bonds. The highest BCUT2D eigenvalue weighted by molar-refractivity contribution is 6.30. The van der Waals surface area contributed by atoms with Gasteiger partial charge < -0.3 is 9.30 Å². The molecule has 0 unspecified atom stereocenters. The summed E-state index contributed by atoms with van der Waals surface area (Å²) in [7, 11) is 0. The van der Waals surface area contributed by atoms with E-state index in [0.717, 1.165) is 23.2 Å². The third-order valence-corrected chi connectivity index (χ3v) is 4.72. The van der Waals surface area contributed by atoms with Crippen LogP contribution in [0.15, 0.2) is 60.7 Å². The quantitative estimate of drug-likeness (QED) is 0.313. The summed E-state index contributed by atoms with van der Waals surface area (Å²) in [5.41, 5.74) is 3.24. The van der Waals surface area contributed by atoms with E-state index in [2.05, 4.69) is 0 Å². The normalized spacial score (nSPS) is 11.0. The number of aryl methyl sites for hydroxylation is 1. The number of hydrogen-bond acceptors (Lipinski definition) is 3. The van der Waals surface area contributed by atoms with E-state index in [4.69, 9.17) is 16.3 Å². The maximum Gasteiger partial charge on any atom is 0.331 e. The number of ether oxygens (including phenoxy) is 1. The van der Waals surface area contributed by atoms with Crippen molar-refractivity contribution in [1.82, 2.24) is 4.57 Å². The monoisotopic (exact) mass is 411 g/mol. The Bertz CT molecular complexity index is 1080. The van der Waals surface area contributed by atoms with Gasteiger partial charge in [-0.3, -0.25) is 4.79 Å². The average molecular weight is 412 g/mol. The van der Waals surface area contributed by atoms with Crippen LogP contribution in [0.1, 0.15) is 27.3 Å². The van der Waals surface area contributed by atoms with Crippen molar-refractivity contribution in [3.05, 3.63) is 94.0 Å². The van der Waals surface area contributed by atoms with Crippen molar-refractivity contribution in [1.29, 1.82) is 0 Å². The summed E-state index contributed by atoms with van der Waals surface area (Å²) < 4.78 is 20.5. The molecule has 1 aromatic heterocycles. The molecule has 0 saturated carbocycles. The summed E-state index contributed by atoms with van der Waals surface area (Å²) >= 11 is 5.94. The van der Waals surface area contributed by atoms with Gasteiger partial charge in [0, 0.05) is 39.3 Å². The second-order valence-corrected chi connectivity index (χ2v) is 6.92. The number of nitrogens with zero attached hydrogens (tertiary/aromatic N) is 1. The molecule has 0 saturated heterocycles. The average Bonchev–Trinajstić information content (AvgIpc) is 3.00. The van der Waals surface area contributed by atoms with Crippen molar-refractivity contribution in [2.24, 2.45) is 0 Å². The van der Waals surface area contributed by atoms with Crippen LogP contribution in [-0.4, -0.2) is 22.9 Å². The van der Waals surface area contributed by atoms with Crippen LogP contribution in [0.2, 0.25) is 5.02 Å². The molecule has 1 heterocycles. The molecule has 0 atom stereocenters. The second kappa shape index (κ2) is 8.88. The van der Waals surface area contributed by atoms with Crippen LogP contribution in [0, 0.1) is 19.7 Å². The van der Waals surface area contributed by atoms with E-state index in [1.807, 2.05) is 30.5 Å². The highest BCUT2D eigenvalue weighted by Gasteiger charge is 2.17. The van der Waals surface area contributed by atoms with Gasteiger partial charge in [-0.15, -0.1) is 0 Å². The van der Waals surface area contributed by atoms with Gasteiger partial charge in [-0.1, -0.05) is 29.8 Å². The fourth-order valence-corrected chi connectivity index (χ4v) is 3.19. The number of rotatable bonds is 6. The molecule has 4 nitrogen and oxygen atoms in total. The van der Waals surface area contributed by atoms with Gasteiger partial charge in [-0.05, 0) is 56.3 Å². The molecule has 3 rings (SSSR count). The Hall–Kier alpha value is -3.18. The van der Waals surface area contributed by atoms with Crippen LogP contribution < -0.4 is 0 Å². The molecule has 0 bridgehead atoms. The van der Waals surface area contributed by atoms with Crippen LogP contribution in [0.5, 0.6) is 0 Å². The van der Waals surface area contributed by atoms with E-state index in [9.17, 15) is 14.0 Å². The minimum Gasteiger partial charge on any atom is -0.454 e. The third-order valence-electron chi connectivity index (χ3n) is 4.47. The Balaban J connectivity index is 1.68. The lowest BCUT2D eigenvalue weighted by atomic mass is 10.1. The molecule has 148 valence electrons. The maximum atomic E-state index is 13.6. The largest absolute Gasteiger partial charge is 0.454 e. The molecule has 0 aliphatic carbocycles. The van der Waals surface area contributed by atoms with Crippen LogP contribution >= 0.6 is 11.6 Å². The van der Waals surface area contributed by atoms with Crippen LogP contribution in [0.4, 0.5) is 4.39 Å². The molecule has 3 aromatic rings. The first kappa shape index (κ1) is 20.6. The minimum atomic E-state index is -0.715. The van der Waals surface area contributed by atoms with Crippen molar-refractivity contribution in [2.75, 3.05) is 6.61 Å². The Morgan fingerprint density at radius 1 is 1.10 bits per heavy atom. The number of ketones is 1. The molecular weight excluding hydrogens is 393 g/mol. The Labute approximate surface area is 173 Å². The van der Waals surface area contributed by atoms with Gasteiger partial charge in [0.25, 0.3) is 0 Å². The van der Waals surface area contributed by atoms with Crippen molar-refractivity contribution < 1.29 is 18.7 Å². The molecule has 0 radical (unpaired) electrons. The zero-order valence-corrected chi connectivity index (χ0v) is 16.7. The molecule has 0 aliphatic heterocycles. The molecule has 0 aliphatic rings. The molecule has 6 heteroatoms. The first-order valence-electron chi connectivity index (χ1n) is 8.94. The second-order valence-electron chi connectivity index (χ2n) is 6.48. The predicted octanol–water partition coefficient (Wildman–Crippen LogP) is 5.33. The smallest absolute Gasteiger partial charge is 0.331 e. The fraction of sp³-hybridized carbons (Fsp3) is 0.130.